The van der Waals surface area contributed by atoms with Gasteiger partial charge in [0.05, 0.1) is 5.25 Å². The van der Waals surface area contributed by atoms with E-state index in [1.807, 2.05) is 31.2 Å². The Labute approximate surface area is 133 Å². The molecule has 2 aromatic carbocycles. The number of amides is 1. The normalized spacial score (nSPS) is 11.9. The Morgan fingerprint density at radius 1 is 1.19 bits per heavy atom. The van der Waals surface area contributed by atoms with Gasteiger partial charge in [-0.15, -0.1) is 11.8 Å². The van der Waals surface area contributed by atoms with Crippen LogP contribution in [0.5, 0.6) is 0 Å². The van der Waals surface area contributed by atoms with Crippen molar-refractivity contribution in [2.24, 2.45) is 0 Å². The van der Waals surface area contributed by atoms with E-state index in [1.54, 1.807) is 36.0 Å². The van der Waals surface area contributed by atoms with E-state index in [0.717, 1.165) is 22.0 Å². The first-order valence-electron chi connectivity index (χ1n) is 6.57. The lowest BCUT2D eigenvalue weighted by molar-refractivity contribution is -0.115. The predicted molar refractivity (Wildman–Crippen MR) is 91.7 cm³/mol. The van der Waals surface area contributed by atoms with Gasteiger partial charge in [0, 0.05) is 22.2 Å². The Hall–Kier alpha value is -1.65. The van der Waals surface area contributed by atoms with Crippen molar-refractivity contribution in [3.63, 3.8) is 0 Å². The van der Waals surface area contributed by atoms with Crippen molar-refractivity contribution in [2.75, 3.05) is 11.1 Å². The zero-order chi connectivity index (χ0) is 15.2. The summed E-state index contributed by atoms with van der Waals surface area (Å²) >= 11 is 7.43. The van der Waals surface area contributed by atoms with E-state index in [0.29, 0.717) is 5.69 Å². The molecular weight excluding hydrogens is 304 g/mol. The Kier molecular flexibility index (Phi) is 5.53. The van der Waals surface area contributed by atoms with E-state index >= 15 is 0 Å². The zero-order valence-electron chi connectivity index (χ0n) is 11.7. The van der Waals surface area contributed by atoms with E-state index in [-0.39, 0.29) is 11.2 Å². The topological polar surface area (TPSA) is 55.1 Å². The lowest BCUT2D eigenvalue weighted by Gasteiger charge is -2.12. The molecule has 5 heteroatoms. The molecule has 3 N–H and O–H groups in total. The summed E-state index contributed by atoms with van der Waals surface area (Å²) in [5.74, 6) is 0.756. The fourth-order valence-corrected chi connectivity index (χ4v) is 2.66. The molecule has 1 amide bonds. The number of anilines is 2. The molecule has 3 nitrogen and oxygen atoms in total. The Morgan fingerprint density at radius 2 is 1.81 bits per heavy atom. The quantitative estimate of drug-likeness (QED) is 0.812. The number of hydrogen-bond acceptors (Lipinski definition) is 3. The number of nitrogens with one attached hydrogen (secondary N) is 1. The minimum Gasteiger partial charge on any atom is -0.399 e. The molecule has 2 rings (SSSR count). The first-order chi connectivity index (χ1) is 10.0. The summed E-state index contributed by atoms with van der Waals surface area (Å²) in [7, 11) is 0. The fourth-order valence-electron chi connectivity index (χ4n) is 1.69. The average molecular weight is 321 g/mol. The van der Waals surface area contributed by atoms with Crippen molar-refractivity contribution in [1.82, 2.24) is 0 Å². The maximum Gasteiger partial charge on any atom is 0.237 e. The van der Waals surface area contributed by atoms with Gasteiger partial charge in [0.2, 0.25) is 5.91 Å². The number of rotatable bonds is 5. The smallest absolute Gasteiger partial charge is 0.237 e. The zero-order valence-corrected chi connectivity index (χ0v) is 13.2. The van der Waals surface area contributed by atoms with E-state index in [1.165, 1.54) is 0 Å². The van der Waals surface area contributed by atoms with Crippen LogP contribution < -0.4 is 11.1 Å². The van der Waals surface area contributed by atoms with Crippen LogP contribution in [-0.4, -0.2) is 11.2 Å². The second kappa shape index (κ2) is 7.38. The fraction of sp³-hybridized carbons (Fsp3) is 0.188. The summed E-state index contributed by atoms with van der Waals surface area (Å²) in [6.45, 7) is 1.90. The van der Waals surface area contributed by atoms with Crippen molar-refractivity contribution < 1.29 is 4.79 Å². The standard InChI is InChI=1S/C16H17ClN2OS/c1-11(21-10-12-2-4-13(17)5-3-12)16(20)19-15-8-6-14(18)7-9-15/h2-9,11H,10,18H2,1H3,(H,19,20). The molecule has 0 aliphatic rings. The molecule has 0 spiro atoms. The maximum absolute atomic E-state index is 12.1. The highest BCUT2D eigenvalue weighted by Gasteiger charge is 2.13. The molecule has 0 aliphatic carbocycles. The van der Waals surface area contributed by atoms with Gasteiger partial charge in [0.15, 0.2) is 0 Å². The number of nitrogens with two attached hydrogens (primary N) is 1. The summed E-state index contributed by atoms with van der Waals surface area (Å²) in [6.07, 6.45) is 0. The van der Waals surface area contributed by atoms with Crippen LogP contribution in [0, 0.1) is 0 Å². The number of thioether (sulfide) groups is 1. The van der Waals surface area contributed by atoms with Gasteiger partial charge in [-0.1, -0.05) is 23.7 Å². The van der Waals surface area contributed by atoms with Crippen molar-refractivity contribution >= 4 is 40.6 Å². The molecule has 0 fully saturated rings. The summed E-state index contributed by atoms with van der Waals surface area (Å²) in [5.41, 5.74) is 8.20. The van der Waals surface area contributed by atoms with E-state index in [4.69, 9.17) is 17.3 Å². The maximum atomic E-state index is 12.1. The van der Waals surface area contributed by atoms with E-state index in [2.05, 4.69) is 5.32 Å². The molecular formula is C16H17ClN2OS. The largest absolute Gasteiger partial charge is 0.399 e. The second-order valence-electron chi connectivity index (χ2n) is 4.69. The molecule has 110 valence electrons. The SMILES string of the molecule is CC(SCc1ccc(Cl)cc1)C(=O)Nc1ccc(N)cc1. The second-order valence-corrected chi connectivity index (χ2v) is 6.46. The summed E-state index contributed by atoms with van der Waals surface area (Å²) < 4.78 is 0. The number of benzene rings is 2. The molecule has 21 heavy (non-hydrogen) atoms. The molecule has 0 radical (unpaired) electrons. The highest BCUT2D eigenvalue weighted by atomic mass is 35.5. The van der Waals surface area contributed by atoms with Gasteiger partial charge in [-0.3, -0.25) is 4.79 Å². The number of nitrogen functional groups attached to an aromatic ring is 1. The molecule has 0 saturated heterocycles. The van der Waals surface area contributed by atoms with Crippen molar-refractivity contribution in [3.05, 3.63) is 59.1 Å². The van der Waals surface area contributed by atoms with Crippen molar-refractivity contribution in [3.8, 4) is 0 Å². The van der Waals surface area contributed by atoms with Crippen molar-refractivity contribution in [2.45, 2.75) is 17.9 Å². The highest BCUT2D eigenvalue weighted by Crippen LogP contribution is 2.21. The third kappa shape index (κ3) is 4.99. The molecule has 1 atom stereocenters. The minimum atomic E-state index is -0.141. The Balaban J connectivity index is 1.84. The van der Waals surface area contributed by atoms with Crippen LogP contribution in [0.3, 0.4) is 0 Å². The first kappa shape index (κ1) is 15.7. The lowest BCUT2D eigenvalue weighted by Crippen LogP contribution is -2.22. The van der Waals surface area contributed by atoms with E-state index < -0.39 is 0 Å². The lowest BCUT2D eigenvalue weighted by atomic mass is 10.2. The summed E-state index contributed by atoms with van der Waals surface area (Å²) in [5, 5.41) is 3.46. The molecule has 2 aromatic rings. The third-order valence-electron chi connectivity index (χ3n) is 2.96. The molecule has 0 heterocycles. The van der Waals surface area contributed by atoms with Gasteiger partial charge in [0.25, 0.3) is 0 Å². The number of halogens is 1. The van der Waals surface area contributed by atoms with E-state index in [9.17, 15) is 4.79 Å². The summed E-state index contributed by atoms with van der Waals surface area (Å²) in [4.78, 5) is 12.1. The van der Waals surface area contributed by atoms with Crippen LogP contribution in [-0.2, 0) is 10.5 Å². The highest BCUT2D eigenvalue weighted by molar-refractivity contribution is 7.99. The summed E-state index contributed by atoms with van der Waals surface area (Å²) in [6, 6.07) is 14.8. The van der Waals surface area contributed by atoms with Gasteiger partial charge < -0.3 is 11.1 Å². The predicted octanol–water partition coefficient (Wildman–Crippen LogP) is 4.18. The first-order valence-corrected chi connectivity index (χ1v) is 8.00. The molecule has 0 aromatic heterocycles. The third-order valence-corrected chi connectivity index (χ3v) is 4.43. The van der Waals surface area contributed by atoms with Crippen LogP contribution in [0.15, 0.2) is 48.5 Å². The minimum absolute atomic E-state index is 0.0151. The van der Waals surface area contributed by atoms with Gasteiger partial charge in [-0.2, -0.15) is 0 Å². The van der Waals surface area contributed by atoms with Crippen molar-refractivity contribution in [1.29, 1.82) is 0 Å². The Bertz CT molecular complexity index is 599. The average Bonchev–Trinajstić information content (AvgIpc) is 2.48. The van der Waals surface area contributed by atoms with Gasteiger partial charge in [-0.25, -0.2) is 0 Å². The molecule has 0 saturated carbocycles. The van der Waals surface area contributed by atoms with Gasteiger partial charge in [0.1, 0.15) is 0 Å². The molecule has 0 bridgehead atoms. The van der Waals surface area contributed by atoms with Crippen LogP contribution >= 0.6 is 23.4 Å². The Morgan fingerprint density at radius 3 is 2.43 bits per heavy atom. The van der Waals surface area contributed by atoms with Gasteiger partial charge >= 0.3 is 0 Å². The van der Waals surface area contributed by atoms with Crippen LogP contribution in [0.2, 0.25) is 5.02 Å². The van der Waals surface area contributed by atoms with Crippen LogP contribution in [0.25, 0.3) is 0 Å². The molecule has 0 aliphatic heterocycles. The number of carbonyl (C=O) groups excluding carboxylic acids is 1. The monoisotopic (exact) mass is 320 g/mol. The molecule has 1 unspecified atom stereocenters. The number of carbonyl (C=O) groups is 1. The van der Waals surface area contributed by atoms with Crippen LogP contribution in [0.1, 0.15) is 12.5 Å². The number of hydrogen-bond donors (Lipinski definition) is 2. The van der Waals surface area contributed by atoms with Crippen LogP contribution in [0.4, 0.5) is 11.4 Å². The van der Waals surface area contributed by atoms with Gasteiger partial charge in [-0.05, 0) is 48.9 Å².